The monoisotopic (exact) mass is 421 g/mol. The van der Waals surface area contributed by atoms with Gasteiger partial charge < -0.3 is 10.0 Å². The van der Waals surface area contributed by atoms with Gasteiger partial charge in [-0.25, -0.2) is 4.79 Å². The smallest absolute Gasteiger partial charge is 0.475 e. The molecule has 2 aromatic rings. The summed E-state index contributed by atoms with van der Waals surface area (Å²) in [5.41, 5.74) is 3.22. The number of carbonyl (C=O) groups excluding carboxylic acids is 1. The number of halogens is 3. The van der Waals surface area contributed by atoms with E-state index in [9.17, 15) is 18.0 Å². The van der Waals surface area contributed by atoms with E-state index in [4.69, 9.17) is 9.90 Å². The number of para-hydroxylation sites is 1. The molecular weight excluding hydrogens is 399 g/mol. The minimum Gasteiger partial charge on any atom is -0.475 e. The van der Waals surface area contributed by atoms with Gasteiger partial charge in [0, 0.05) is 31.7 Å². The van der Waals surface area contributed by atoms with E-state index >= 15 is 0 Å². The highest BCUT2D eigenvalue weighted by molar-refractivity contribution is 6.07. The summed E-state index contributed by atoms with van der Waals surface area (Å²) in [6.45, 7) is 2.81. The Morgan fingerprint density at radius 3 is 2.37 bits per heavy atom. The normalized spacial score (nSPS) is 18.0. The number of likely N-dealkylation sites (tertiary alicyclic amines) is 1. The maximum absolute atomic E-state index is 12.9. The second-order valence-corrected chi connectivity index (χ2v) is 7.40. The molecule has 1 saturated heterocycles. The number of carboxylic acid groups (broad SMARTS) is 1. The largest absolute Gasteiger partial charge is 0.490 e. The fourth-order valence-electron chi connectivity index (χ4n) is 4.04. The lowest BCUT2D eigenvalue weighted by molar-refractivity contribution is -0.192. The lowest BCUT2D eigenvalue weighted by Gasteiger charge is -2.38. The highest BCUT2D eigenvalue weighted by Gasteiger charge is 2.50. The second-order valence-electron chi connectivity index (χ2n) is 7.40. The van der Waals surface area contributed by atoms with Gasteiger partial charge in [0.2, 0.25) is 5.91 Å². The van der Waals surface area contributed by atoms with Crippen LogP contribution in [0.25, 0.3) is 0 Å². The van der Waals surface area contributed by atoms with E-state index in [1.54, 1.807) is 6.20 Å². The van der Waals surface area contributed by atoms with Gasteiger partial charge in [-0.05, 0) is 49.2 Å². The summed E-state index contributed by atoms with van der Waals surface area (Å²) < 4.78 is 31.7. The molecule has 2 aliphatic rings. The topological polar surface area (TPSA) is 73.7 Å². The highest BCUT2D eigenvalue weighted by Crippen LogP contribution is 2.47. The van der Waals surface area contributed by atoms with Crippen LogP contribution in [0.1, 0.15) is 24.0 Å². The standard InChI is InChI=1S/C19H21N3O.C2HF3O2/c1-21-17-7-3-2-6-16(17)19(18(21)23)8-11-22(12-9-19)14-15-5-4-10-20-13-15;3-2(4,5)1(6)7/h2-7,10,13H,8-9,11-12,14H2,1H3;(H,6,7). The highest BCUT2D eigenvalue weighted by atomic mass is 19.4. The fourth-order valence-corrected chi connectivity index (χ4v) is 4.04. The number of likely N-dealkylation sites (N-methyl/N-ethyl adjacent to an activating group) is 1. The molecule has 0 radical (unpaired) electrons. The number of nitrogens with zero attached hydrogens (tertiary/aromatic N) is 3. The molecule has 4 rings (SSSR count). The van der Waals surface area contributed by atoms with Gasteiger partial charge in [0.15, 0.2) is 0 Å². The molecule has 1 aromatic heterocycles. The Kier molecular flexibility index (Phi) is 6.12. The van der Waals surface area contributed by atoms with E-state index in [-0.39, 0.29) is 11.3 Å². The number of hydrogen-bond acceptors (Lipinski definition) is 4. The third-order valence-corrected chi connectivity index (χ3v) is 5.58. The molecule has 1 amide bonds. The van der Waals surface area contributed by atoms with Gasteiger partial charge in [-0.2, -0.15) is 13.2 Å². The van der Waals surface area contributed by atoms with Crippen LogP contribution in [0.3, 0.4) is 0 Å². The number of benzene rings is 1. The summed E-state index contributed by atoms with van der Waals surface area (Å²) in [7, 11) is 1.90. The predicted octanol–water partition coefficient (Wildman–Crippen LogP) is 3.23. The number of pyridine rings is 1. The quantitative estimate of drug-likeness (QED) is 0.806. The van der Waals surface area contributed by atoms with E-state index in [0.717, 1.165) is 38.2 Å². The van der Waals surface area contributed by atoms with Crippen LogP contribution in [-0.4, -0.2) is 53.2 Å². The molecule has 1 fully saturated rings. The van der Waals surface area contributed by atoms with E-state index in [0.29, 0.717) is 0 Å². The summed E-state index contributed by atoms with van der Waals surface area (Å²) in [5, 5.41) is 7.12. The third-order valence-electron chi connectivity index (χ3n) is 5.58. The minimum atomic E-state index is -5.08. The second kappa shape index (κ2) is 8.43. The van der Waals surface area contributed by atoms with Crippen molar-refractivity contribution in [1.82, 2.24) is 9.88 Å². The number of carbonyl (C=O) groups is 2. The first-order valence-electron chi connectivity index (χ1n) is 9.44. The van der Waals surface area contributed by atoms with Crippen LogP contribution in [0.5, 0.6) is 0 Å². The molecule has 160 valence electrons. The molecule has 0 atom stereocenters. The Morgan fingerprint density at radius 2 is 1.80 bits per heavy atom. The summed E-state index contributed by atoms with van der Waals surface area (Å²) >= 11 is 0. The zero-order valence-corrected chi connectivity index (χ0v) is 16.4. The van der Waals surface area contributed by atoms with E-state index in [1.165, 1.54) is 11.1 Å². The molecule has 2 aliphatic heterocycles. The lowest BCUT2D eigenvalue weighted by atomic mass is 9.73. The maximum Gasteiger partial charge on any atom is 0.490 e. The van der Waals surface area contributed by atoms with Gasteiger partial charge in [0.05, 0.1) is 5.41 Å². The van der Waals surface area contributed by atoms with Crippen molar-refractivity contribution < 1.29 is 27.9 Å². The van der Waals surface area contributed by atoms with Crippen molar-refractivity contribution in [2.75, 3.05) is 25.0 Å². The Balaban J connectivity index is 0.000000318. The number of carboxylic acids is 1. The van der Waals surface area contributed by atoms with Crippen LogP contribution >= 0.6 is 0 Å². The van der Waals surface area contributed by atoms with Gasteiger partial charge >= 0.3 is 12.1 Å². The van der Waals surface area contributed by atoms with E-state index in [2.05, 4.69) is 34.1 Å². The summed E-state index contributed by atoms with van der Waals surface area (Å²) in [6.07, 6.45) is 0.438. The maximum atomic E-state index is 12.9. The Labute approximate surface area is 171 Å². The molecule has 30 heavy (non-hydrogen) atoms. The van der Waals surface area contributed by atoms with Crippen molar-refractivity contribution in [3.63, 3.8) is 0 Å². The van der Waals surface area contributed by atoms with Gasteiger partial charge in [0.25, 0.3) is 0 Å². The lowest BCUT2D eigenvalue weighted by Crippen LogP contribution is -2.47. The summed E-state index contributed by atoms with van der Waals surface area (Å²) in [4.78, 5) is 30.2. The summed E-state index contributed by atoms with van der Waals surface area (Å²) in [5.74, 6) is -2.49. The predicted molar refractivity (Wildman–Crippen MR) is 104 cm³/mol. The number of fused-ring (bicyclic) bond motifs is 2. The van der Waals surface area contributed by atoms with Crippen LogP contribution in [0.4, 0.5) is 18.9 Å². The molecule has 3 heterocycles. The number of aliphatic carboxylic acids is 1. The first kappa shape index (κ1) is 21.8. The average Bonchev–Trinajstić information content (AvgIpc) is 2.93. The fraction of sp³-hybridized carbons (Fsp3) is 0.381. The summed E-state index contributed by atoms with van der Waals surface area (Å²) in [6, 6.07) is 12.3. The number of anilines is 1. The molecule has 0 saturated carbocycles. The molecule has 0 unspecified atom stereocenters. The number of amides is 1. The zero-order valence-electron chi connectivity index (χ0n) is 16.4. The number of hydrogen-bond donors (Lipinski definition) is 1. The van der Waals surface area contributed by atoms with E-state index in [1.807, 2.05) is 30.3 Å². The molecule has 9 heteroatoms. The van der Waals surface area contributed by atoms with Gasteiger partial charge in [0.1, 0.15) is 0 Å². The molecule has 1 aromatic carbocycles. The van der Waals surface area contributed by atoms with Crippen LogP contribution in [0, 0.1) is 0 Å². The van der Waals surface area contributed by atoms with Crippen LogP contribution in [0.15, 0.2) is 48.8 Å². The van der Waals surface area contributed by atoms with Crippen molar-refractivity contribution in [2.45, 2.75) is 31.0 Å². The number of piperidine rings is 1. The SMILES string of the molecule is CN1C(=O)C2(CCN(Cc3cccnc3)CC2)c2ccccc21.O=C(O)C(F)(F)F. The van der Waals surface area contributed by atoms with Gasteiger partial charge in [-0.15, -0.1) is 0 Å². The molecule has 1 N–H and O–H groups in total. The number of aromatic nitrogens is 1. The van der Waals surface area contributed by atoms with Crippen molar-refractivity contribution in [3.05, 3.63) is 59.9 Å². The van der Waals surface area contributed by atoms with Gasteiger partial charge in [-0.1, -0.05) is 24.3 Å². The van der Waals surface area contributed by atoms with E-state index < -0.39 is 12.1 Å². The molecule has 6 nitrogen and oxygen atoms in total. The third kappa shape index (κ3) is 4.30. The molecule has 1 spiro atoms. The van der Waals surface area contributed by atoms with Crippen molar-refractivity contribution in [3.8, 4) is 0 Å². The molecule has 0 bridgehead atoms. The molecule has 0 aliphatic carbocycles. The Morgan fingerprint density at radius 1 is 1.17 bits per heavy atom. The van der Waals surface area contributed by atoms with Crippen molar-refractivity contribution >= 4 is 17.6 Å². The molecular formula is C21H22F3N3O3. The minimum absolute atomic E-state index is 0.264. The van der Waals surface area contributed by atoms with Crippen LogP contribution < -0.4 is 4.90 Å². The van der Waals surface area contributed by atoms with Crippen LogP contribution in [-0.2, 0) is 21.5 Å². The first-order chi connectivity index (χ1) is 14.1. The number of alkyl halides is 3. The van der Waals surface area contributed by atoms with Crippen molar-refractivity contribution in [2.24, 2.45) is 0 Å². The number of rotatable bonds is 2. The Hall–Kier alpha value is -2.94. The zero-order chi connectivity index (χ0) is 21.9. The first-order valence-corrected chi connectivity index (χ1v) is 9.44. The van der Waals surface area contributed by atoms with Crippen molar-refractivity contribution in [1.29, 1.82) is 0 Å². The average molecular weight is 421 g/mol. The van der Waals surface area contributed by atoms with Crippen LogP contribution in [0.2, 0.25) is 0 Å². The van der Waals surface area contributed by atoms with Gasteiger partial charge in [-0.3, -0.25) is 14.7 Å². The Bertz CT molecular complexity index is 910.